The molecule has 2 bridgehead atoms. The van der Waals surface area contributed by atoms with Gasteiger partial charge in [0, 0.05) is 6.42 Å². The van der Waals surface area contributed by atoms with Crippen LogP contribution in [-0.4, -0.2) is 20.8 Å². The molecule has 0 aliphatic heterocycles. The number of ketones is 1. The highest BCUT2D eigenvalue weighted by atomic mass is 32.2. The number of hydrogen-bond donors (Lipinski definition) is 0. The average Bonchev–Trinajstić information content (AvgIpc) is 3.18. The van der Waals surface area contributed by atoms with E-state index in [1.54, 1.807) is 24.3 Å². The summed E-state index contributed by atoms with van der Waals surface area (Å²) in [4.78, 5) is 12.6. The van der Waals surface area contributed by atoms with Crippen molar-refractivity contribution in [1.29, 1.82) is 0 Å². The first-order chi connectivity index (χ1) is 10.4. The summed E-state index contributed by atoms with van der Waals surface area (Å²) in [6, 6.07) is 6.62. The number of carbonyl (C=O) groups is 1. The van der Waals surface area contributed by atoms with Crippen molar-refractivity contribution >= 4 is 15.9 Å². The van der Waals surface area contributed by atoms with Crippen molar-refractivity contribution in [2.75, 3.05) is 6.61 Å². The lowest BCUT2D eigenvalue weighted by Crippen LogP contribution is -2.37. The van der Waals surface area contributed by atoms with E-state index in [1.165, 1.54) is 0 Å². The molecule has 0 N–H and O–H groups in total. The third-order valence-electron chi connectivity index (χ3n) is 6.18. The number of carbonyl (C=O) groups excluding carboxylic acids is 1. The van der Waals surface area contributed by atoms with E-state index in [-0.39, 0.29) is 22.7 Å². The van der Waals surface area contributed by atoms with Gasteiger partial charge in [-0.2, -0.15) is 8.42 Å². The van der Waals surface area contributed by atoms with E-state index in [1.807, 2.05) is 6.92 Å². The van der Waals surface area contributed by atoms with E-state index in [9.17, 15) is 13.2 Å². The Morgan fingerprint density at radius 3 is 2.45 bits per heavy atom. The summed E-state index contributed by atoms with van der Waals surface area (Å²) < 4.78 is 30.1. The highest BCUT2D eigenvalue weighted by Crippen LogP contribution is 2.76. The minimum Gasteiger partial charge on any atom is -0.299 e. The first kappa shape index (κ1) is 14.4. The van der Waals surface area contributed by atoms with Crippen molar-refractivity contribution in [3.63, 3.8) is 0 Å². The minimum atomic E-state index is -3.79. The normalized spacial score (nSPS) is 31.9. The molecule has 118 valence electrons. The molecule has 0 aromatic heterocycles. The van der Waals surface area contributed by atoms with Crippen molar-refractivity contribution in [2.45, 2.75) is 43.9 Å². The second-order valence-electron chi connectivity index (χ2n) is 7.13. The molecule has 0 saturated heterocycles. The summed E-state index contributed by atoms with van der Waals surface area (Å²) in [5.74, 6) is 0.686. The molecule has 0 amide bonds. The fourth-order valence-electron chi connectivity index (χ4n) is 4.74. The monoisotopic (exact) mass is 320 g/mol. The zero-order valence-electron chi connectivity index (χ0n) is 12.7. The molecule has 1 aromatic rings. The number of benzene rings is 1. The van der Waals surface area contributed by atoms with E-state index in [4.69, 9.17) is 4.18 Å². The number of Topliss-reactive ketones (excluding diaryl/α,β-unsaturated/α-hetero) is 1. The van der Waals surface area contributed by atoms with Gasteiger partial charge in [0.15, 0.2) is 0 Å². The van der Waals surface area contributed by atoms with E-state index in [0.717, 1.165) is 31.2 Å². The van der Waals surface area contributed by atoms with E-state index >= 15 is 0 Å². The summed E-state index contributed by atoms with van der Waals surface area (Å²) in [5.41, 5.74) is 0.529. The van der Waals surface area contributed by atoms with Crippen LogP contribution in [0.25, 0.3) is 0 Å². The Kier molecular flexibility index (Phi) is 2.89. The van der Waals surface area contributed by atoms with Crippen LogP contribution in [0.2, 0.25) is 0 Å². The Bertz CT molecular complexity index is 730. The van der Waals surface area contributed by atoms with Gasteiger partial charge in [0.2, 0.25) is 0 Å². The lowest BCUT2D eigenvalue weighted by Gasteiger charge is -2.29. The number of aryl methyl sites for hydroxylation is 1. The molecule has 3 fully saturated rings. The Morgan fingerprint density at radius 1 is 1.18 bits per heavy atom. The van der Waals surface area contributed by atoms with Crippen molar-refractivity contribution in [1.82, 2.24) is 0 Å². The fraction of sp³-hybridized carbons (Fsp3) is 0.588. The first-order valence-corrected chi connectivity index (χ1v) is 9.30. The maximum Gasteiger partial charge on any atom is 0.297 e. The van der Waals surface area contributed by atoms with E-state index < -0.39 is 15.5 Å². The lowest BCUT2D eigenvalue weighted by atomic mass is 9.76. The summed E-state index contributed by atoms with van der Waals surface area (Å²) in [6.45, 7) is 1.93. The van der Waals surface area contributed by atoms with Gasteiger partial charge in [0.1, 0.15) is 5.78 Å². The van der Waals surface area contributed by atoms with E-state index in [0.29, 0.717) is 12.3 Å². The summed E-state index contributed by atoms with van der Waals surface area (Å²) >= 11 is 0. The highest BCUT2D eigenvalue weighted by molar-refractivity contribution is 7.86. The SMILES string of the molecule is Cc1ccc(S(=O)(=O)OC[C@]23CC[C@H](CC2=O)C32CC2)cc1. The summed E-state index contributed by atoms with van der Waals surface area (Å²) in [5, 5.41) is 0. The van der Waals surface area contributed by atoms with Gasteiger partial charge in [-0.25, -0.2) is 0 Å². The molecule has 1 spiro atoms. The van der Waals surface area contributed by atoms with Gasteiger partial charge in [-0.1, -0.05) is 17.7 Å². The standard InChI is InChI=1S/C17H20O4S/c1-12-2-4-14(5-3-12)22(19,20)21-11-17-7-6-13(10-15(17)18)16(17)8-9-16/h2-5,13H,6-11H2,1H3/t13-,17-/m1/s1. The Balaban J connectivity index is 1.57. The molecule has 4 rings (SSSR count). The topological polar surface area (TPSA) is 60.4 Å². The van der Waals surface area contributed by atoms with Gasteiger partial charge in [-0.3, -0.25) is 8.98 Å². The molecule has 1 aromatic carbocycles. The third kappa shape index (κ3) is 1.78. The third-order valence-corrected chi connectivity index (χ3v) is 7.46. The molecule has 0 heterocycles. The predicted octanol–water partition coefficient (Wildman–Crippen LogP) is 2.85. The van der Waals surface area contributed by atoms with Gasteiger partial charge in [0.05, 0.1) is 16.9 Å². The molecule has 0 unspecified atom stereocenters. The molecule has 5 heteroatoms. The molecule has 3 aliphatic rings. The maximum atomic E-state index is 12.4. The van der Waals surface area contributed by atoms with Crippen molar-refractivity contribution in [3.05, 3.63) is 29.8 Å². The van der Waals surface area contributed by atoms with Crippen LogP contribution in [0.4, 0.5) is 0 Å². The largest absolute Gasteiger partial charge is 0.299 e. The van der Waals surface area contributed by atoms with Crippen LogP contribution in [0, 0.1) is 23.7 Å². The van der Waals surface area contributed by atoms with Crippen LogP contribution in [0.3, 0.4) is 0 Å². The molecule has 3 aliphatic carbocycles. The highest BCUT2D eigenvalue weighted by Gasteiger charge is 2.74. The number of hydrogen-bond acceptors (Lipinski definition) is 4. The Morgan fingerprint density at radius 2 is 1.86 bits per heavy atom. The van der Waals surface area contributed by atoms with Crippen LogP contribution >= 0.6 is 0 Å². The fourth-order valence-corrected chi connectivity index (χ4v) is 5.70. The van der Waals surface area contributed by atoms with Crippen LogP contribution in [0.15, 0.2) is 29.2 Å². The first-order valence-electron chi connectivity index (χ1n) is 7.89. The van der Waals surface area contributed by atoms with Gasteiger partial charge < -0.3 is 0 Å². The Labute approximate surface area is 131 Å². The van der Waals surface area contributed by atoms with Crippen molar-refractivity contribution in [3.8, 4) is 0 Å². The molecule has 3 saturated carbocycles. The molecule has 0 radical (unpaired) electrons. The van der Waals surface area contributed by atoms with Crippen LogP contribution < -0.4 is 0 Å². The van der Waals surface area contributed by atoms with E-state index in [2.05, 4.69) is 0 Å². The predicted molar refractivity (Wildman–Crippen MR) is 80.8 cm³/mol. The summed E-state index contributed by atoms with van der Waals surface area (Å²) in [7, 11) is -3.79. The zero-order valence-corrected chi connectivity index (χ0v) is 13.5. The maximum absolute atomic E-state index is 12.4. The molecule has 22 heavy (non-hydrogen) atoms. The van der Waals surface area contributed by atoms with Crippen LogP contribution in [0.5, 0.6) is 0 Å². The quantitative estimate of drug-likeness (QED) is 0.800. The Hall–Kier alpha value is -1.20. The smallest absolute Gasteiger partial charge is 0.297 e. The van der Waals surface area contributed by atoms with Gasteiger partial charge in [-0.15, -0.1) is 0 Å². The molecular weight excluding hydrogens is 300 g/mol. The van der Waals surface area contributed by atoms with Gasteiger partial charge in [-0.05, 0) is 56.1 Å². The van der Waals surface area contributed by atoms with Gasteiger partial charge >= 0.3 is 0 Å². The average molecular weight is 320 g/mol. The number of rotatable bonds is 4. The van der Waals surface area contributed by atoms with Crippen molar-refractivity contribution in [2.24, 2.45) is 16.7 Å². The lowest BCUT2D eigenvalue weighted by molar-refractivity contribution is -0.130. The second kappa shape index (κ2) is 4.42. The van der Waals surface area contributed by atoms with Crippen LogP contribution in [0.1, 0.15) is 37.7 Å². The minimum absolute atomic E-state index is 0.0263. The second-order valence-corrected chi connectivity index (χ2v) is 8.75. The molecule has 4 nitrogen and oxygen atoms in total. The molecular formula is C17H20O4S. The van der Waals surface area contributed by atoms with Crippen molar-refractivity contribution < 1.29 is 17.4 Å². The van der Waals surface area contributed by atoms with Crippen LogP contribution in [-0.2, 0) is 19.1 Å². The summed E-state index contributed by atoms with van der Waals surface area (Å²) in [6.07, 6.45) is 4.56. The van der Waals surface area contributed by atoms with Gasteiger partial charge in [0.25, 0.3) is 10.1 Å². The molecule has 2 atom stereocenters. The zero-order chi connectivity index (χ0) is 15.6.